The maximum Gasteiger partial charge on any atom is 0.0886 e. The van der Waals surface area contributed by atoms with Crippen LogP contribution in [0, 0.1) is 17.3 Å². The zero-order chi connectivity index (χ0) is 14.7. The van der Waals surface area contributed by atoms with Gasteiger partial charge in [0.25, 0.3) is 0 Å². The summed E-state index contributed by atoms with van der Waals surface area (Å²) in [5.74, 6) is 1.46. The molecular formula is C21H20O. The standard InChI is InChI=1S/C21H20O/c1-19(2)20(13-9-5-3-6-10-13)15-16(18-17(15)22-18)21(19,20)14-11-7-4-8-12-14/h3-12,15-18H,1-2H3/t15-,16-,17-,18-,20+,21+/m1/s1. The second-order valence-corrected chi connectivity index (χ2v) is 8.09. The highest BCUT2D eigenvalue weighted by Crippen LogP contribution is 2.98. The van der Waals surface area contributed by atoms with E-state index in [-0.39, 0.29) is 10.8 Å². The first-order chi connectivity index (χ1) is 10.7. The first-order valence-corrected chi connectivity index (χ1v) is 8.45. The zero-order valence-electron chi connectivity index (χ0n) is 13.0. The summed E-state index contributed by atoms with van der Waals surface area (Å²) < 4.78 is 6.00. The van der Waals surface area contributed by atoms with E-state index in [0.29, 0.717) is 17.6 Å². The summed E-state index contributed by atoms with van der Waals surface area (Å²) in [6.07, 6.45) is 1.09. The molecule has 0 spiro atoms. The predicted molar refractivity (Wildman–Crippen MR) is 85.7 cm³/mol. The fourth-order valence-corrected chi connectivity index (χ4v) is 7.18. The third-order valence-electron chi connectivity index (χ3n) is 7.65. The molecule has 1 saturated heterocycles. The third kappa shape index (κ3) is 0.841. The molecule has 0 unspecified atom stereocenters. The molecule has 1 heteroatoms. The van der Waals surface area contributed by atoms with E-state index in [1.54, 1.807) is 0 Å². The minimum Gasteiger partial charge on any atom is -0.369 e. The first kappa shape index (κ1) is 11.9. The van der Waals surface area contributed by atoms with Crippen LogP contribution in [0.2, 0.25) is 0 Å². The summed E-state index contributed by atoms with van der Waals surface area (Å²) >= 11 is 0. The number of fused-ring (bicyclic) bond motifs is 7. The van der Waals surface area contributed by atoms with Gasteiger partial charge in [-0.05, 0) is 16.5 Å². The molecule has 4 fully saturated rings. The lowest BCUT2D eigenvalue weighted by molar-refractivity contribution is 0.0287. The number of ether oxygens (including phenoxy) is 1. The van der Waals surface area contributed by atoms with Crippen LogP contribution in [0.3, 0.4) is 0 Å². The Hall–Kier alpha value is -1.60. The molecule has 0 aromatic heterocycles. The van der Waals surface area contributed by atoms with Crippen molar-refractivity contribution in [1.82, 2.24) is 0 Å². The van der Waals surface area contributed by atoms with E-state index in [0.717, 1.165) is 11.8 Å². The van der Waals surface area contributed by atoms with Crippen molar-refractivity contribution in [3.05, 3.63) is 71.8 Å². The van der Waals surface area contributed by atoms with Crippen LogP contribution < -0.4 is 0 Å². The van der Waals surface area contributed by atoms with Gasteiger partial charge in [0.2, 0.25) is 0 Å². The maximum atomic E-state index is 6.00. The van der Waals surface area contributed by atoms with Gasteiger partial charge in [-0.25, -0.2) is 0 Å². The summed E-state index contributed by atoms with van der Waals surface area (Å²) in [5, 5.41) is 0. The van der Waals surface area contributed by atoms with Crippen molar-refractivity contribution < 1.29 is 4.74 Å². The minimum absolute atomic E-state index is 0.283. The molecule has 2 aromatic rings. The van der Waals surface area contributed by atoms with Gasteiger partial charge in [0.15, 0.2) is 0 Å². The molecule has 1 heterocycles. The maximum absolute atomic E-state index is 6.00. The van der Waals surface area contributed by atoms with E-state index in [4.69, 9.17) is 4.74 Å². The van der Waals surface area contributed by atoms with Gasteiger partial charge >= 0.3 is 0 Å². The van der Waals surface area contributed by atoms with Crippen LogP contribution >= 0.6 is 0 Å². The molecule has 1 aliphatic heterocycles. The van der Waals surface area contributed by atoms with Crippen molar-refractivity contribution in [2.75, 3.05) is 0 Å². The van der Waals surface area contributed by atoms with Gasteiger partial charge in [0.05, 0.1) is 12.2 Å². The number of hydrogen-bond acceptors (Lipinski definition) is 1. The van der Waals surface area contributed by atoms with Crippen LogP contribution in [0.4, 0.5) is 0 Å². The summed E-state index contributed by atoms with van der Waals surface area (Å²) in [4.78, 5) is 0. The molecule has 0 N–H and O–H groups in total. The van der Waals surface area contributed by atoms with Crippen LogP contribution in [0.15, 0.2) is 60.7 Å². The number of rotatable bonds is 2. The minimum atomic E-state index is 0.283. The Bertz CT molecular complexity index is 715. The molecule has 0 bridgehead atoms. The largest absolute Gasteiger partial charge is 0.369 e. The van der Waals surface area contributed by atoms with E-state index in [1.807, 2.05) is 0 Å². The molecule has 22 heavy (non-hydrogen) atoms. The van der Waals surface area contributed by atoms with Gasteiger partial charge in [-0.2, -0.15) is 0 Å². The van der Waals surface area contributed by atoms with Crippen molar-refractivity contribution in [1.29, 1.82) is 0 Å². The van der Waals surface area contributed by atoms with E-state index in [9.17, 15) is 0 Å². The van der Waals surface area contributed by atoms with Crippen molar-refractivity contribution in [3.63, 3.8) is 0 Å². The second-order valence-electron chi connectivity index (χ2n) is 8.09. The lowest BCUT2D eigenvalue weighted by Crippen LogP contribution is -2.63. The van der Waals surface area contributed by atoms with Gasteiger partial charge in [-0.3, -0.25) is 0 Å². The fraction of sp³-hybridized carbons (Fsp3) is 0.429. The number of benzene rings is 2. The molecule has 0 radical (unpaired) electrons. The molecule has 6 atom stereocenters. The van der Waals surface area contributed by atoms with Crippen molar-refractivity contribution in [2.45, 2.75) is 36.9 Å². The molecule has 0 amide bonds. The lowest BCUT2D eigenvalue weighted by Gasteiger charge is -2.56. The van der Waals surface area contributed by atoms with E-state index in [2.05, 4.69) is 74.5 Å². The van der Waals surface area contributed by atoms with Gasteiger partial charge < -0.3 is 4.74 Å². The van der Waals surface area contributed by atoms with Gasteiger partial charge in [-0.15, -0.1) is 0 Å². The monoisotopic (exact) mass is 288 g/mol. The molecule has 3 aliphatic carbocycles. The molecule has 1 nitrogen and oxygen atoms in total. The average Bonchev–Trinajstić information content (AvgIpc) is 3.31. The Morgan fingerprint density at radius 2 is 1.09 bits per heavy atom. The highest BCUT2D eigenvalue weighted by molar-refractivity contribution is 5.68. The van der Waals surface area contributed by atoms with E-state index in [1.165, 1.54) is 11.1 Å². The molecule has 4 aliphatic rings. The Morgan fingerprint density at radius 1 is 0.682 bits per heavy atom. The highest BCUT2D eigenvalue weighted by atomic mass is 16.6. The lowest BCUT2D eigenvalue weighted by atomic mass is 9.44. The van der Waals surface area contributed by atoms with Gasteiger partial charge in [0, 0.05) is 22.7 Å². The smallest absolute Gasteiger partial charge is 0.0886 e. The molecule has 6 rings (SSSR count). The molecule has 110 valence electrons. The Labute approximate surface area is 131 Å². The Morgan fingerprint density at radius 3 is 1.50 bits per heavy atom. The summed E-state index contributed by atoms with van der Waals surface area (Å²) in [5.41, 5.74) is 3.93. The van der Waals surface area contributed by atoms with Crippen LogP contribution in [0.5, 0.6) is 0 Å². The van der Waals surface area contributed by atoms with E-state index < -0.39 is 0 Å². The Balaban J connectivity index is 1.63. The topological polar surface area (TPSA) is 12.5 Å². The second kappa shape index (κ2) is 3.19. The van der Waals surface area contributed by atoms with E-state index >= 15 is 0 Å². The molecule has 2 aromatic carbocycles. The number of hydrogen-bond donors (Lipinski definition) is 0. The predicted octanol–water partition coefficient (Wildman–Crippen LogP) is 3.93. The SMILES string of the molecule is CC1(C)[C@]2(c3ccccc3)[C@H]3[C@H]4O[C@@H]4[C@@H]3[C@@]12c1ccccc1. The van der Waals surface area contributed by atoms with Crippen LogP contribution in [0.1, 0.15) is 25.0 Å². The molecular weight excluding hydrogens is 268 g/mol. The van der Waals surface area contributed by atoms with Crippen LogP contribution in [0.25, 0.3) is 0 Å². The van der Waals surface area contributed by atoms with Crippen molar-refractivity contribution >= 4 is 0 Å². The highest BCUT2D eigenvalue weighted by Gasteiger charge is 3.03. The summed E-state index contributed by atoms with van der Waals surface area (Å²) in [7, 11) is 0. The summed E-state index contributed by atoms with van der Waals surface area (Å²) in [6, 6.07) is 22.4. The normalized spacial score (nSPS) is 48.1. The van der Waals surface area contributed by atoms with Gasteiger partial charge in [-0.1, -0.05) is 74.5 Å². The fourth-order valence-electron chi connectivity index (χ4n) is 7.18. The first-order valence-electron chi connectivity index (χ1n) is 8.45. The van der Waals surface area contributed by atoms with Crippen LogP contribution in [-0.2, 0) is 15.6 Å². The van der Waals surface area contributed by atoms with Gasteiger partial charge in [0.1, 0.15) is 0 Å². The summed E-state index contributed by atoms with van der Waals surface area (Å²) in [6.45, 7) is 4.98. The average molecular weight is 288 g/mol. The van der Waals surface area contributed by atoms with Crippen molar-refractivity contribution in [2.24, 2.45) is 17.3 Å². The zero-order valence-corrected chi connectivity index (χ0v) is 13.0. The molecule has 3 saturated carbocycles. The van der Waals surface area contributed by atoms with Crippen molar-refractivity contribution in [3.8, 4) is 0 Å². The quantitative estimate of drug-likeness (QED) is 0.763. The van der Waals surface area contributed by atoms with Crippen LogP contribution in [-0.4, -0.2) is 12.2 Å². The number of epoxide rings is 1. The Kier molecular flexibility index (Phi) is 1.72. The third-order valence-corrected chi connectivity index (χ3v) is 7.65.